The molecule has 2 fully saturated rings. The summed E-state index contributed by atoms with van der Waals surface area (Å²) in [4.78, 5) is 25.4. The molecule has 1 saturated carbocycles. The van der Waals surface area contributed by atoms with E-state index in [1.807, 2.05) is 0 Å². The van der Waals surface area contributed by atoms with Gasteiger partial charge in [-0.05, 0) is 18.8 Å². The first-order valence-electron chi connectivity index (χ1n) is 5.74. The Labute approximate surface area is 97.6 Å². The van der Waals surface area contributed by atoms with Gasteiger partial charge in [-0.2, -0.15) is 5.21 Å². The van der Waals surface area contributed by atoms with Crippen LogP contribution in [-0.2, 0) is 16.1 Å². The average molecular weight is 235 g/mol. The van der Waals surface area contributed by atoms with Crippen LogP contribution >= 0.6 is 0 Å². The zero-order valence-corrected chi connectivity index (χ0v) is 9.46. The second-order valence-corrected chi connectivity index (χ2v) is 4.88. The Morgan fingerprint density at radius 3 is 2.47 bits per heavy atom. The minimum absolute atomic E-state index is 0.0749. The van der Waals surface area contributed by atoms with Crippen LogP contribution in [0.2, 0.25) is 0 Å². The minimum atomic E-state index is -0.121. The van der Waals surface area contributed by atoms with Gasteiger partial charge in [-0.3, -0.25) is 14.5 Å². The number of nitrogens with one attached hydrogen (secondary N) is 1. The summed E-state index contributed by atoms with van der Waals surface area (Å²) < 4.78 is 0. The van der Waals surface area contributed by atoms with E-state index in [0.717, 1.165) is 12.8 Å². The molecule has 0 radical (unpaired) electrons. The van der Waals surface area contributed by atoms with Crippen molar-refractivity contribution in [2.45, 2.75) is 26.3 Å². The predicted octanol–water partition coefficient (Wildman–Crippen LogP) is -0.269. The topological polar surface area (TPSA) is 91.8 Å². The van der Waals surface area contributed by atoms with E-state index in [0.29, 0.717) is 11.7 Å². The van der Waals surface area contributed by atoms with E-state index in [9.17, 15) is 9.59 Å². The summed E-state index contributed by atoms with van der Waals surface area (Å²) in [6, 6.07) is 0. The second kappa shape index (κ2) is 3.61. The summed E-state index contributed by atoms with van der Waals surface area (Å²) in [5.41, 5.74) is 0. The molecular formula is C10H13N5O2. The van der Waals surface area contributed by atoms with E-state index in [1.54, 1.807) is 0 Å². The Hall–Kier alpha value is -1.79. The van der Waals surface area contributed by atoms with Crippen LogP contribution in [0.1, 0.15) is 25.6 Å². The van der Waals surface area contributed by atoms with Crippen LogP contribution in [0.4, 0.5) is 0 Å². The SMILES string of the molecule is CC1CC2C(=O)N(Cc3nn[nH]n3)C(=O)C2C1. The molecule has 0 spiro atoms. The van der Waals surface area contributed by atoms with Crippen molar-refractivity contribution in [1.82, 2.24) is 25.5 Å². The Morgan fingerprint density at radius 2 is 1.94 bits per heavy atom. The van der Waals surface area contributed by atoms with Crippen molar-refractivity contribution in [3.63, 3.8) is 0 Å². The number of amides is 2. The largest absolute Gasteiger partial charge is 0.274 e. The van der Waals surface area contributed by atoms with Gasteiger partial charge in [0.2, 0.25) is 11.8 Å². The van der Waals surface area contributed by atoms with Crippen molar-refractivity contribution in [1.29, 1.82) is 0 Å². The molecule has 2 heterocycles. The van der Waals surface area contributed by atoms with Crippen molar-refractivity contribution < 1.29 is 9.59 Å². The molecule has 2 aliphatic rings. The Morgan fingerprint density at radius 1 is 1.29 bits per heavy atom. The van der Waals surface area contributed by atoms with Crippen molar-refractivity contribution in [3.8, 4) is 0 Å². The van der Waals surface area contributed by atoms with E-state index >= 15 is 0 Å². The van der Waals surface area contributed by atoms with E-state index in [4.69, 9.17) is 0 Å². The summed E-state index contributed by atoms with van der Waals surface area (Å²) in [7, 11) is 0. The molecule has 17 heavy (non-hydrogen) atoms. The molecule has 2 amide bonds. The van der Waals surface area contributed by atoms with Crippen LogP contribution < -0.4 is 0 Å². The zero-order valence-electron chi connectivity index (χ0n) is 9.46. The standard InChI is InChI=1S/C10H13N5O2/c1-5-2-6-7(3-5)10(17)15(9(6)16)4-8-11-13-14-12-8/h5-7H,2-4H2,1H3,(H,11,12,13,14). The third-order valence-electron chi connectivity index (χ3n) is 3.65. The number of carbonyl (C=O) groups excluding carboxylic acids is 2. The van der Waals surface area contributed by atoms with E-state index in [1.165, 1.54) is 4.90 Å². The van der Waals surface area contributed by atoms with Gasteiger partial charge in [-0.1, -0.05) is 12.1 Å². The smallest absolute Gasteiger partial charge is 0.233 e. The van der Waals surface area contributed by atoms with E-state index < -0.39 is 0 Å². The van der Waals surface area contributed by atoms with Crippen molar-refractivity contribution >= 4 is 11.8 Å². The molecule has 1 aliphatic carbocycles. The number of aromatic nitrogens is 4. The van der Waals surface area contributed by atoms with Crippen LogP contribution in [0.25, 0.3) is 0 Å². The molecule has 1 aliphatic heterocycles. The molecule has 7 heteroatoms. The molecule has 1 saturated heterocycles. The third-order valence-corrected chi connectivity index (χ3v) is 3.65. The molecule has 1 aromatic rings. The number of likely N-dealkylation sites (tertiary alicyclic amines) is 1. The molecule has 1 aromatic heterocycles. The fourth-order valence-electron chi connectivity index (χ4n) is 2.89. The Kier molecular flexibility index (Phi) is 2.20. The van der Waals surface area contributed by atoms with Crippen molar-refractivity contribution in [3.05, 3.63) is 5.82 Å². The molecule has 3 rings (SSSR count). The number of tetrazole rings is 1. The molecular weight excluding hydrogens is 222 g/mol. The monoisotopic (exact) mass is 235 g/mol. The van der Waals surface area contributed by atoms with Gasteiger partial charge in [-0.15, -0.1) is 10.2 Å². The maximum Gasteiger partial charge on any atom is 0.233 e. The first kappa shape index (κ1) is 10.4. The highest BCUT2D eigenvalue weighted by Crippen LogP contribution is 2.43. The summed E-state index contributed by atoms with van der Waals surface area (Å²) in [5, 5.41) is 13.3. The molecule has 2 atom stereocenters. The van der Waals surface area contributed by atoms with Crippen molar-refractivity contribution in [2.75, 3.05) is 0 Å². The number of imide groups is 1. The second-order valence-electron chi connectivity index (χ2n) is 4.88. The molecule has 0 aromatic carbocycles. The van der Waals surface area contributed by atoms with Crippen LogP contribution in [0, 0.1) is 17.8 Å². The van der Waals surface area contributed by atoms with Gasteiger partial charge < -0.3 is 0 Å². The van der Waals surface area contributed by atoms with Gasteiger partial charge in [0.15, 0.2) is 5.82 Å². The molecule has 1 N–H and O–H groups in total. The van der Waals surface area contributed by atoms with Gasteiger partial charge in [0.1, 0.15) is 0 Å². The summed E-state index contributed by atoms with van der Waals surface area (Å²) >= 11 is 0. The Bertz CT molecular complexity index is 433. The summed E-state index contributed by atoms with van der Waals surface area (Å²) in [6.45, 7) is 2.22. The van der Waals surface area contributed by atoms with Gasteiger partial charge in [0.05, 0.1) is 18.4 Å². The normalized spacial score (nSPS) is 32.3. The lowest BCUT2D eigenvalue weighted by Crippen LogP contribution is -2.32. The number of fused-ring (bicyclic) bond motifs is 1. The Balaban J connectivity index is 1.80. The van der Waals surface area contributed by atoms with Crippen LogP contribution in [0.15, 0.2) is 0 Å². The van der Waals surface area contributed by atoms with E-state index in [2.05, 4.69) is 27.5 Å². The van der Waals surface area contributed by atoms with E-state index in [-0.39, 0.29) is 30.2 Å². The lowest BCUT2D eigenvalue weighted by atomic mass is 10.00. The van der Waals surface area contributed by atoms with Gasteiger partial charge >= 0.3 is 0 Å². The van der Waals surface area contributed by atoms with Gasteiger partial charge in [-0.25, -0.2) is 0 Å². The fourth-order valence-corrected chi connectivity index (χ4v) is 2.89. The number of hydrogen-bond acceptors (Lipinski definition) is 5. The van der Waals surface area contributed by atoms with Crippen LogP contribution in [0.5, 0.6) is 0 Å². The lowest BCUT2D eigenvalue weighted by molar-refractivity contribution is -0.141. The lowest BCUT2D eigenvalue weighted by Gasteiger charge is -2.14. The van der Waals surface area contributed by atoms with Gasteiger partial charge in [0, 0.05) is 0 Å². The van der Waals surface area contributed by atoms with Crippen LogP contribution in [0.3, 0.4) is 0 Å². The minimum Gasteiger partial charge on any atom is -0.274 e. The summed E-state index contributed by atoms with van der Waals surface area (Å²) in [6.07, 6.45) is 1.63. The third kappa shape index (κ3) is 1.53. The number of nitrogens with zero attached hydrogens (tertiary/aromatic N) is 4. The molecule has 2 unspecified atom stereocenters. The maximum atomic E-state index is 12.1. The molecule has 7 nitrogen and oxygen atoms in total. The highest BCUT2D eigenvalue weighted by Gasteiger charge is 2.51. The van der Waals surface area contributed by atoms with Crippen molar-refractivity contribution in [2.24, 2.45) is 17.8 Å². The highest BCUT2D eigenvalue weighted by molar-refractivity contribution is 6.05. The first-order valence-corrected chi connectivity index (χ1v) is 5.74. The fraction of sp³-hybridized carbons (Fsp3) is 0.700. The number of hydrogen-bond donors (Lipinski definition) is 1. The molecule has 90 valence electrons. The number of rotatable bonds is 2. The van der Waals surface area contributed by atoms with Gasteiger partial charge in [0.25, 0.3) is 0 Å². The molecule has 0 bridgehead atoms. The predicted molar refractivity (Wildman–Crippen MR) is 55.1 cm³/mol. The highest BCUT2D eigenvalue weighted by atomic mass is 16.2. The number of carbonyl (C=O) groups is 2. The first-order chi connectivity index (χ1) is 8.16. The summed E-state index contributed by atoms with van der Waals surface area (Å²) in [5.74, 6) is 0.446. The number of aromatic amines is 1. The average Bonchev–Trinajstić information content (AvgIpc) is 2.96. The zero-order chi connectivity index (χ0) is 12.0. The quantitative estimate of drug-likeness (QED) is 0.712. The maximum absolute atomic E-state index is 12.1. The number of H-pyrrole nitrogens is 1. The van der Waals surface area contributed by atoms with Crippen LogP contribution in [-0.4, -0.2) is 37.3 Å².